The fourth-order valence-corrected chi connectivity index (χ4v) is 1.42. The third-order valence-corrected chi connectivity index (χ3v) is 2.74. The zero-order valence-electron chi connectivity index (χ0n) is 11.9. The van der Waals surface area contributed by atoms with Crippen molar-refractivity contribution < 1.29 is 14.4 Å². The summed E-state index contributed by atoms with van der Waals surface area (Å²) >= 11 is 0. The smallest absolute Gasteiger partial charge is 0.227 e. The van der Waals surface area contributed by atoms with Crippen LogP contribution < -0.4 is 5.32 Å². The number of aryl methyl sites for hydroxylation is 2. The normalized spacial score (nSPS) is 11.6. The van der Waals surface area contributed by atoms with Crippen molar-refractivity contribution in [2.75, 3.05) is 13.2 Å². The molecule has 0 bridgehead atoms. The quantitative estimate of drug-likeness (QED) is 0.737. The van der Waals surface area contributed by atoms with Crippen LogP contribution in [0.15, 0.2) is 4.52 Å². The third-order valence-electron chi connectivity index (χ3n) is 2.74. The number of amides is 1. The molecule has 0 fully saturated rings. The number of nitrogens with zero attached hydrogens (tertiary/aromatic N) is 2. The monoisotopic (exact) mass is 269 g/mol. The van der Waals surface area contributed by atoms with Crippen molar-refractivity contribution in [3.8, 4) is 0 Å². The molecule has 0 atom stereocenters. The van der Waals surface area contributed by atoms with Crippen LogP contribution in [0, 0.1) is 5.41 Å². The molecule has 19 heavy (non-hydrogen) atoms. The van der Waals surface area contributed by atoms with Gasteiger partial charge in [0.1, 0.15) is 0 Å². The van der Waals surface area contributed by atoms with Gasteiger partial charge in [0.15, 0.2) is 5.82 Å². The van der Waals surface area contributed by atoms with Crippen molar-refractivity contribution in [1.29, 1.82) is 0 Å². The van der Waals surface area contributed by atoms with E-state index in [0.717, 1.165) is 12.8 Å². The van der Waals surface area contributed by atoms with E-state index in [9.17, 15) is 4.79 Å². The molecule has 0 saturated carbocycles. The first kappa shape index (κ1) is 15.6. The number of carbonyl (C=O) groups excluding carboxylic acids is 1. The number of rotatable bonds is 8. The minimum atomic E-state index is -0.297. The Labute approximate surface area is 113 Å². The molecule has 0 unspecified atom stereocenters. The van der Waals surface area contributed by atoms with E-state index in [1.807, 2.05) is 20.8 Å². The van der Waals surface area contributed by atoms with Crippen LogP contribution in [0.4, 0.5) is 0 Å². The Morgan fingerprint density at radius 1 is 1.42 bits per heavy atom. The van der Waals surface area contributed by atoms with Gasteiger partial charge in [-0.3, -0.25) is 4.79 Å². The van der Waals surface area contributed by atoms with Crippen LogP contribution in [0.1, 0.15) is 45.3 Å². The first-order valence-corrected chi connectivity index (χ1v) is 6.66. The average Bonchev–Trinajstić information content (AvgIpc) is 2.82. The molecule has 0 aliphatic carbocycles. The summed E-state index contributed by atoms with van der Waals surface area (Å²) < 4.78 is 5.05. The number of aliphatic hydroxyl groups is 1. The van der Waals surface area contributed by atoms with E-state index in [2.05, 4.69) is 15.5 Å². The summed E-state index contributed by atoms with van der Waals surface area (Å²) in [6, 6.07) is 0. The Kier molecular flexibility index (Phi) is 5.95. The van der Waals surface area contributed by atoms with Crippen LogP contribution in [-0.4, -0.2) is 34.3 Å². The van der Waals surface area contributed by atoms with E-state index in [-0.39, 0.29) is 17.9 Å². The third kappa shape index (κ3) is 5.83. The van der Waals surface area contributed by atoms with Gasteiger partial charge in [0.25, 0.3) is 0 Å². The average molecular weight is 269 g/mol. The molecule has 6 nitrogen and oxygen atoms in total. The van der Waals surface area contributed by atoms with E-state index in [0.29, 0.717) is 31.1 Å². The number of hydrogen-bond donors (Lipinski definition) is 2. The number of hydrogen-bond acceptors (Lipinski definition) is 5. The molecule has 0 spiro atoms. The lowest BCUT2D eigenvalue weighted by Gasteiger charge is -2.21. The number of nitrogens with one attached hydrogen (secondary N) is 1. The van der Waals surface area contributed by atoms with Crippen molar-refractivity contribution in [3.05, 3.63) is 11.7 Å². The predicted molar refractivity (Wildman–Crippen MR) is 70.5 cm³/mol. The lowest BCUT2D eigenvalue weighted by Crippen LogP contribution is -2.36. The Bertz CT molecular complexity index is 402. The fraction of sp³-hybridized carbons (Fsp3) is 0.769. The molecule has 0 aromatic carbocycles. The van der Waals surface area contributed by atoms with Crippen LogP contribution in [0.3, 0.4) is 0 Å². The molecule has 0 aliphatic rings. The van der Waals surface area contributed by atoms with Gasteiger partial charge in [0.2, 0.25) is 11.8 Å². The van der Waals surface area contributed by atoms with Crippen LogP contribution in [0.2, 0.25) is 0 Å². The van der Waals surface area contributed by atoms with Gasteiger partial charge in [0, 0.05) is 37.8 Å². The molecular weight excluding hydrogens is 246 g/mol. The van der Waals surface area contributed by atoms with Crippen LogP contribution in [0.5, 0.6) is 0 Å². The maximum absolute atomic E-state index is 11.6. The van der Waals surface area contributed by atoms with Crippen molar-refractivity contribution in [2.24, 2.45) is 5.41 Å². The van der Waals surface area contributed by atoms with Gasteiger partial charge >= 0.3 is 0 Å². The van der Waals surface area contributed by atoms with Crippen LogP contribution in [-0.2, 0) is 17.6 Å². The molecule has 1 heterocycles. The van der Waals surface area contributed by atoms with Crippen molar-refractivity contribution >= 4 is 5.91 Å². The van der Waals surface area contributed by atoms with Gasteiger partial charge in [-0.25, -0.2) is 0 Å². The highest BCUT2D eigenvalue weighted by atomic mass is 16.5. The van der Waals surface area contributed by atoms with Gasteiger partial charge < -0.3 is 14.9 Å². The first-order valence-electron chi connectivity index (χ1n) is 6.66. The lowest BCUT2D eigenvalue weighted by atomic mass is 9.95. The maximum atomic E-state index is 11.6. The van der Waals surface area contributed by atoms with Crippen LogP contribution in [0.25, 0.3) is 0 Å². The number of aromatic nitrogens is 2. The van der Waals surface area contributed by atoms with E-state index in [4.69, 9.17) is 9.63 Å². The summed E-state index contributed by atoms with van der Waals surface area (Å²) in [6.45, 7) is 6.32. The largest absolute Gasteiger partial charge is 0.396 e. The molecule has 0 saturated heterocycles. The summed E-state index contributed by atoms with van der Waals surface area (Å²) in [5, 5.41) is 15.7. The lowest BCUT2D eigenvalue weighted by molar-refractivity contribution is -0.121. The predicted octanol–water partition coefficient (Wildman–Crippen LogP) is 1.09. The molecule has 1 aromatic heterocycles. The highest BCUT2D eigenvalue weighted by Crippen LogP contribution is 2.11. The molecule has 0 aliphatic heterocycles. The van der Waals surface area contributed by atoms with Gasteiger partial charge in [-0.15, -0.1) is 0 Å². The minimum absolute atomic E-state index is 0.0390. The van der Waals surface area contributed by atoms with Crippen LogP contribution >= 0.6 is 0 Å². The molecule has 1 amide bonds. The Morgan fingerprint density at radius 3 is 2.79 bits per heavy atom. The molecule has 1 rings (SSSR count). The second kappa shape index (κ2) is 7.23. The molecule has 2 N–H and O–H groups in total. The maximum Gasteiger partial charge on any atom is 0.227 e. The topological polar surface area (TPSA) is 88.2 Å². The fourth-order valence-electron chi connectivity index (χ4n) is 1.42. The number of aliphatic hydroxyl groups excluding tert-OH is 1. The van der Waals surface area contributed by atoms with E-state index in [1.165, 1.54) is 0 Å². The highest BCUT2D eigenvalue weighted by molar-refractivity contribution is 5.76. The van der Waals surface area contributed by atoms with E-state index in [1.54, 1.807) is 0 Å². The second-order valence-electron chi connectivity index (χ2n) is 5.45. The van der Waals surface area contributed by atoms with Crippen molar-refractivity contribution in [2.45, 2.75) is 46.5 Å². The summed E-state index contributed by atoms with van der Waals surface area (Å²) in [5.74, 6) is 1.12. The van der Waals surface area contributed by atoms with Gasteiger partial charge in [-0.05, 0) is 6.42 Å². The minimum Gasteiger partial charge on any atom is -0.396 e. The molecular formula is C13H23N3O3. The first-order chi connectivity index (χ1) is 8.96. The zero-order chi connectivity index (χ0) is 14.3. The second-order valence-corrected chi connectivity index (χ2v) is 5.45. The van der Waals surface area contributed by atoms with Gasteiger partial charge in [-0.2, -0.15) is 4.98 Å². The molecule has 6 heteroatoms. The Hall–Kier alpha value is -1.43. The summed E-state index contributed by atoms with van der Waals surface area (Å²) in [6.07, 6.45) is 2.52. The summed E-state index contributed by atoms with van der Waals surface area (Å²) in [4.78, 5) is 15.8. The van der Waals surface area contributed by atoms with Gasteiger partial charge in [-0.1, -0.05) is 25.9 Å². The SMILES string of the molecule is CCCc1noc(CCC(=O)NCC(C)(C)CO)n1. The Morgan fingerprint density at radius 2 is 2.16 bits per heavy atom. The van der Waals surface area contributed by atoms with Crippen molar-refractivity contribution in [1.82, 2.24) is 15.5 Å². The van der Waals surface area contributed by atoms with Gasteiger partial charge in [0.05, 0.1) is 0 Å². The number of carbonyl (C=O) groups is 1. The molecule has 0 radical (unpaired) electrons. The van der Waals surface area contributed by atoms with E-state index >= 15 is 0 Å². The molecule has 1 aromatic rings. The standard InChI is InChI=1S/C13H23N3O3/c1-4-5-10-15-12(19-16-10)7-6-11(18)14-8-13(2,3)9-17/h17H,4-9H2,1-3H3,(H,14,18). The molecule has 108 valence electrons. The Balaban J connectivity index is 2.29. The van der Waals surface area contributed by atoms with Crippen molar-refractivity contribution in [3.63, 3.8) is 0 Å². The summed E-state index contributed by atoms with van der Waals surface area (Å²) in [7, 11) is 0. The summed E-state index contributed by atoms with van der Waals surface area (Å²) in [5.41, 5.74) is -0.297. The van der Waals surface area contributed by atoms with E-state index < -0.39 is 0 Å². The zero-order valence-corrected chi connectivity index (χ0v) is 11.9. The highest BCUT2D eigenvalue weighted by Gasteiger charge is 2.17.